The van der Waals surface area contributed by atoms with E-state index in [0.717, 1.165) is 5.56 Å². The van der Waals surface area contributed by atoms with E-state index in [1.54, 1.807) is 18.2 Å². The number of hydrogen-bond donors (Lipinski definition) is 2. The number of sulfonamides is 1. The van der Waals surface area contributed by atoms with Crippen LogP contribution in [0, 0.1) is 12.7 Å². The van der Waals surface area contributed by atoms with Crippen LogP contribution < -0.4 is 10.5 Å². The van der Waals surface area contributed by atoms with Crippen LogP contribution >= 0.6 is 15.9 Å². The summed E-state index contributed by atoms with van der Waals surface area (Å²) in [6.07, 6.45) is 0. The van der Waals surface area contributed by atoms with E-state index in [2.05, 4.69) is 20.7 Å². The van der Waals surface area contributed by atoms with Gasteiger partial charge in [0.1, 0.15) is 10.7 Å². The maximum atomic E-state index is 14.2. The van der Waals surface area contributed by atoms with Crippen LogP contribution in [0.3, 0.4) is 0 Å². The van der Waals surface area contributed by atoms with Gasteiger partial charge < -0.3 is 5.73 Å². The van der Waals surface area contributed by atoms with Crippen molar-refractivity contribution in [3.63, 3.8) is 0 Å². The van der Waals surface area contributed by atoms with Crippen LogP contribution in [-0.2, 0) is 16.6 Å². The van der Waals surface area contributed by atoms with Crippen molar-refractivity contribution in [3.8, 4) is 0 Å². The first-order valence-corrected chi connectivity index (χ1v) is 8.38. The molecule has 0 spiro atoms. The minimum Gasteiger partial charge on any atom is -0.326 e. The molecule has 0 unspecified atom stereocenters. The highest BCUT2D eigenvalue weighted by atomic mass is 79.9. The van der Waals surface area contributed by atoms with Gasteiger partial charge in [-0.2, -0.15) is 0 Å². The van der Waals surface area contributed by atoms with E-state index < -0.39 is 20.7 Å². The number of aryl methyl sites for hydroxylation is 1. The molecule has 0 saturated heterocycles. The Hall–Kier alpha value is -1.44. The smallest absolute Gasteiger partial charge is 0.264 e. The first kappa shape index (κ1) is 15.9. The fourth-order valence-electron chi connectivity index (χ4n) is 1.88. The minimum atomic E-state index is -4.03. The molecule has 0 fully saturated rings. The molecule has 0 aliphatic heterocycles. The first-order valence-electron chi connectivity index (χ1n) is 6.11. The van der Waals surface area contributed by atoms with Crippen molar-refractivity contribution in [2.45, 2.75) is 18.4 Å². The number of hydrogen-bond acceptors (Lipinski definition) is 3. The fraction of sp³-hybridized carbons (Fsp3) is 0.143. The van der Waals surface area contributed by atoms with Crippen LogP contribution in [0.1, 0.15) is 11.1 Å². The van der Waals surface area contributed by atoms with Gasteiger partial charge in [0, 0.05) is 22.3 Å². The molecule has 0 heterocycles. The second kappa shape index (κ2) is 6.13. The van der Waals surface area contributed by atoms with Gasteiger partial charge >= 0.3 is 0 Å². The van der Waals surface area contributed by atoms with E-state index in [9.17, 15) is 12.8 Å². The highest BCUT2D eigenvalue weighted by Gasteiger charge is 2.22. The standard InChI is InChI=1S/C14H14BrFN2O2S/c1-9-3-2-4-12(5-9)18-21(19,20)13-7-11(15)6-10(8-17)14(13)16/h2-7,18H,8,17H2,1H3. The van der Waals surface area contributed by atoms with Crippen molar-refractivity contribution in [2.24, 2.45) is 5.73 Å². The molecule has 3 N–H and O–H groups in total. The lowest BCUT2D eigenvalue weighted by Gasteiger charge is -2.12. The van der Waals surface area contributed by atoms with Crippen LogP contribution in [0.2, 0.25) is 0 Å². The van der Waals surface area contributed by atoms with E-state index in [1.165, 1.54) is 12.1 Å². The highest BCUT2D eigenvalue weighted by molar-refractivity contribution is 9.10. The topological polar surface area (TPSA) is 72.2 Å². The number of halogens is 2. The van der Waals surface area contributed by atoms with E-state index >= 15 is 0 Å². The van der Waals surface area contributed by atoms with Crippen LogP contribution in [0.4, 0.5) is 10.1 Å². The van der Waals surface area contributed by atoms with Gasteiger partial charge in [0.15, 0.2) is 0 Å². The Balaban J connectivity index is 2.47. The molecule has 0 saturated carbocycles. The minimum absolute atomic E-state index is 0.0851. The second-order valence-electron chi connectivity index (χ2n) is 4.56. The molecule has 2 aromatic carbocycles. The van der Waals surface area contributed by atoms with E-state index in [1.807, 2.05) is 13.0 Å². The van der Waals surface area contributed by atoms with Crippen molar-refractivity contribution >= 4 is 31.6 Å². The highest BCUT2D eigenvalue weighted by Crippen LogP contribution is 2.26. The van der Waals surface area contributed by atoms with Gasteiger partial charge in [0.2, 0.25) is 0 Å². The van der Waals surface area contributed by atoms with Crippen LogP contribution in [-0.4, -0.2) is 8.42 Å². The largest absolute Gasteiger partial charge is 0.326 e. The number of nitrogens with two attached hydrogens (primary N) is 1. The molecule has 0 radical (unpaired) electrons. The molecule has 0 aliphatic carbocycles. The second-order valence-corrected chi connectivity index (χ2v) is 7.12. The van der Waals surface area contributed by atoms with Gasteiger partial charge in [-0.3, -0.25) is 4.72 Å². The van der Waals surface area contributed by atoms with E-state index in [-0.39, 0.29) is 12.1 Å². The zero-order valence-corrected chi connectivity index (χ0v) is 13.6. The third-order valence-corrected chi connectivity index (χ3v) is 4.70. The Morgan fingerprint density at radius 1 is 1.29 bits per heavy atom. The van der Waals surface area contributed by atoms with E-state index in [4.69, 9.17) is 5.73 Å². The molecule has 0 aliphatic rings. The van der Waals surface area contributed by atoms with Crippen molar-refractivity contribution in [3.05, 3.63) is 57.8 Å². The molecule has 0 bridgehead atoms. The maximum absolute atomic E-state index is 14.2. The van der Waals surface area contributed by atoms with Crippen molar-refractivity contribution in [1.29, 1.82) is 0 Å². The summed E-state index contributed by atoms with van der Waals surface area (Å²) >= 11 is 3.16. The van der Waals surface area contributed by atoms with Crippen LogP contribution in [0.25, 0.3) is 0 Å². The van der Waals surface area contributed by atoms with Crippen molar-refractivity contribution in [1.82, 2.24) is 0 Å². The molecule has 0 aromatic heterocycles. The molecular weight excluding hydrogens is 359 g/mol. The van der Waals surface area contributed by atoms with Crippen LogP contribution in [0.15, 0.2) is 45.8 Å². The normalized spacial score (nSPS) is 11.4. The lowest BCUT2D eigenvalue weighted by Crippen LogP contribution is -2.16. The molecule has 7 heteroatoms. The Bertz CT molecular complexity index is 779. The molecular formula is C14H14BrFN2O2S. The molecule has 4 nitrogen and oxygen atoms in total. The molecule has 21 heavy (non-hydrogen) atoms. The zero-order chi connectivity index (χ0) is 15.6. The lowest BCUT2D eigenvalue weighted by molar-refractivity contribution is 0.560. The molecule has 2 aromatic rings. The molecule has 0 atom stereocenters. The first-order chi connectivity index (χ1) is 9.83. The van der Waals surface area contributed by atoms with Gasteiger partial charge in [-0.25, -0.2) is 12.8 Å². The average molecular weight is 373 g/mol. The molecule has 0 amide bonds. The quantitative estimate of drug-likeness (QED) is 0.865. The van der Waals surface area contributed by atoms with Gasteiger partial charge in [0.05, 0.1) is 0 Å². The maximum Gasteiger partial charge on any atom is 0.264 e. The zero-order valence-electron chi connectivity index (χ0n) is 11.2. The summed E-state index contributed by atoms with van der Waals surface area (Å²) < 4.78 is 41.7. The predicted octanol–water partition coefficient (Wildman–Crippen LogP) is 3.16. The van der Waals surface area contributed by atoms with Gasteiger partial charge in [-0.1, -0.05) is 28.1 Å². The Morgan fingerprint density at radius 2 is 2.00 bits per heavy atom. The summed E-state index contributed by atoms with van der Waals surface area (Å²) in [6, 6.07) is 9.50. The number of nitrogens with one attached hydrogen (secondary N) is 1. The SMILES string of the molecule is Cc1cccc(NS(=O)(=O)c2cc(Br)cc(CN)c2F)c1. The van der Waals surface area contributed by atoms with Crippen molar-refractivity contribution < 1.29 is 12.8 Å². The fourth-order valence-corrected chi connectivity index (χ4v) is 3.73. The summed E-state index contributed by atoms with van der Waals surface area (Å²) in [5.74, 6) is -0.833. The van der Waals surface area contributed by atoms with Gasteiger partial charge in [-0.05, 0) is 36.8 Å². The average Bonchev–Trinajstić information content (AvgIpc) is 2.40. The number of anilines is 1. The van der Waals surface area contributed by atoms with Crippen molar-refractivity contribution in [2.75, 3.05) is 4.72 Å². The molecule has 112 valence electrons. The van der Waals surface area contributed by atoms with Gasteiger partial charge in [-0.15, -0.1) is 0 Å². The Kier molecular flexibility index (Phi) is 4.65. The number of rotatable bonds is 4. The van der Waals surface area contributed by atoms with E-state index in [0.29, 0.717) is 10.2 Å². The lowest BCUT2D eigenvalue weighted by atomic mass is 10.2. The Morgan fingerprint density at radius 3 is 2.62 bits per heavy atom. The monoisotopic (exact) mass is 372 g/mol. The summed E-state index contributed by atoms with van der Waals surface area (Å²) in [4.78, 5) is -0.432. The van der Waals surface area contributed by atoms with Crippen LogP contribution in [0.5, 0.6) is 0 Å². The summed E-state index contributed by atoms with van der Waals surface area (Å²) in [6.45, 7) is 1.75. The summed E-state index contributed by atoms with van der Waals surface area (Å²) in [7, 11) is -4.03. The predicted molar refractivity (Wildman–Crippen MR) is 84.0 cm³/mol. The number of benzene rings is 2. The summed E-state index contributed by atoms with van der Waals surface area (Å²) in [5, 5.41) is 0. The Labute approximate surface area is 131 Å². The molecule has 2 rings (SSSR count). The third kappa shape index (κ3) is 3.61. The van der Waals surface area contributed by atoms with Gasteiger partial charge in [0.25, 0.3) is 10.0 Å². The third-order valence-electron chi connectivity index (χ3n) is 2.86. The summed E-state index contributed by atoms with van der Waals surface area (Å²) in [5.41, 5.74) is 6.84.